The lowest BCUT2D eigenvalue weighted by atomic mass is 9.87. The molecule has 0 heterocycles. The van der Waals surface area contributed by atoms with Crippen molar-refractivity contribution >= 4 is 11.9 Å². The summed E-state index contributed by atoms with van der Waals surface area (Å²) >= 11 is 0. The van der Waals surface area contributed by atoms with Gasteiger partial charge in [0.15, 0.2) is 11.6 Å². The second-order valence-electron chi connectivity index (χ2n) is 4.49. The fourth-order valence-corrected chi connectivity index (χ4v) is 1.97. The predicted molar refractivity (Wildman–Crippen MR) is 69.9 cm³/mol. The summed E-state index contributed by atoms with van der Waals surface area (Å²) in [5, 5.41) is 8.99. The Kier molecular flexibility index (Phi) is 5.04. The highest BCUT2D eigenvalue weighted by Gasteiger charge is 2.28. The van der Waals surface area contributed by atoms with Crippen LogP contribution in [0.25, 0.3) is 0 Å². The lowest BCUT2D eigenvalue weighted by Crippen LogP contribution is -2.38. The van der Waals surface area contributed by atoms with E-state index in [1.165, 1.54) is 26.2 Å². The first-order valence-electron chi connectivity index (χ1n) is 5.88. The summed E-state index contributed by atoms with van der Waals surface area (Å²) in [5.41, 5.74) is 11.4. The van der Waals surface area contributed by atoms with E-state index in [2.05, 4.69) is 0 Å². The van der Waals surface area contributed by atoms with Crippen molar-refractivity contribution in [2.75, 3.05) is 7.11 Å². The highest BCUT2D eigenvalue weighted by molar-refractivity contribution is 5.79. The topological polar surface area (TPSA) is 116 Å². The number of hydrogen-bond donors (Lipinski definition) is 3. The van der Waals surface area contributed by atoms with Crippen molar-refractivity contribution < 1.29 is 23.8 Å². The molecular formula is C13H17FN2O4. The molecule has 0 radical (unpaired) electrons. The van der Waals surface area contributed by atoms with Crippen molar-refractivity contribution in [2.24, 2.45) is 11.5 Å². The van der Waals surface area contributed by atoms with E-state index in [1.54, 1.807) is 0 Å². The maximum absolute atomic E-state index is 13.7. The Morgan fingerprint density at radius 3 is 2.50 bits per heavy atom. The van der Waals surface area contributed by atoms with Gasteiger partial charge >= 0.3 is 5.97 Å². The minimum Gasteiger partial charge on any atom is -0.494 e. The molecule has 0 aliphatic carbocycles. The number of carbonyl (C=O) groups is 2. The highest BCUT2D eigenvalue weighted by atomic mass is 19.1. The molecule has 1 rings (SSSR count). The third-order valence-corrected chi connectivity index (χ3v) is 3.03. The molecule has 0 bridgehead atoms. The lowest BCUT2D eigenvalue weighted by Gasteiger charge is -2.21. The fraction of sp³-hybridized carbons (Fsp3) is 0.385. The van der Waals surface area contributed by atoms with Crippen molar-refractivity contribution in [3.63, 3.8) is 0 Å². The smallest absolute Gasteiger partial charge is 0.321 e. The van der Waals surface area contributed by atoms with E-state index in [0.717, 1.165) is 0 Å². The first-order valence-corrected chi connectivity index (χ1v) is 5.88. The minimum atomic E-state index is -1.32. The molecule has 6 nitrogen and oxygen atoms in total. The molecule has 0 spiro atoms. The van der Waals surface area contributed by atoms with E-state index in [4.69, 9.17) is 21.3 Å². The van der Waals surface area contributed by atoms with Gasteiger partial charge in [-0.05, 0) is 24.1 Å². The van der Waals surface area contributed by atoms with Crippen LogP contribution < -0.4 is 16.2 Å². The monoisotopic (exact) mass is 284 g/mol. The number of primary amides is 1. The molecule has 0 fully saturated rings. The van der Waals surface area contributed by atoms with Crippen molar-refractivity contribution in [3.05, 3.63) is 29.1 Å². The molecule has 0 saturated heterocycles. The van der Waals surface area contributed by atoms with Gasteiger partial charge in [-0.3, -0.25) is 9.59 Å². The summed E-state index contributed by atoms with van der Waals surface area (Å²) in [4.78, 5) is 22.1. The van der Waals surface area contributed by atoms with Crippen LogP contribution in [-0.2, 0) is 9.59 Å². The predicted octanol–water partition coefficient (Wildman–Crippen LogP) is 0.514. The van der Waals surface area contributed by atoms with Crippen LogP contribution in [0, 0.1) is 12.7 Å². The fourth-order valence-electron chi connectivity index (χ4n) is 1.97. The average molecular weight is 284 g/mol. The van der Waals surface area contributed by atoms with Gasteiger partial charge in [-0.1, -0.05) is 6.07 Å². The number of carbonyl (C=O) groups excluding carboxylic acids is 1. The first kappa shape index (κ1) is 15.9. The number of nitrogens with two attached hydrogens (primary N) is 2. The molecule has 1 amide bonds. The van der Waals surface area contributed by atoms with Gasteiger partial charge in [0.2, 0.25) is 5.91 Å². The zero-order chi connectivity index (χ0) is 15.4. The van der Waals surface area contributed by atoms with Crippen LogP contribution in [0.15, 0.2) is 12.1 Å². The van der Waals surface area contributed by atoms with E-state index < -0.39 is 29.7 Å². The molecule has 2 atom stereocenters. The standard InChI is InChI=1S/C13H17FN2O4/c1-6-3-7(4-9(20-2)11(6)14)8(5-10(15)17)12(16)13(18)19/h3-4,8,12H,5,16H2,1-2H3,(H2,15,17)(H,18,19). The Bertz CT molecular complexity index is 533. The third kappa shape index (κ3) is 3.45. The van der Waals surface area contributed by atoms with Gasteiger partial charge in [0.1, 0.15) is 6.04 Å². The molecular weight excluding hydrogens is 267 g/mol. The second kappa shape index (κ2) is 6.33. The summed E-state index contributed by atoms with van der Waals surface area (Å²) in [6.07, 6.45) is -0.248. The van der Waals surface area contributed by atoms with E-state index in [9.17, 15) is 14.0 Å². The van der Waals surface area contributed by atoms with E-state index >= 15 is 0 Å². The summed E-state index contributed by atoms with van der Waals surface area (Å²) in [6.45, 7) is 1.51. The summed E-state index contributed by atoms with van der Waals surface area (Å²) in [5.74, 6) is -3.38. The molecule has 5 N–H and O–H groups in total. The number of hydrogen-bond acceptors (Lipinski definition) is 4. The maximum Gasteiger partial charge on any atom is 0.321 e. The largest absolute Gasteiger partial charge is 0.494 e. The molecule has 20 heavy (non-hydrogen) atoms. The van der Waals surface area contributed by atoms with Crippen LogP contribution in [-0.4, -0.2) is 30.1 Å². The highest BCUT2D eigenvalue weighted by Crippen LogP contribution is 2.30. The van der Waals surface area contributed by atoms with Crippen LogP contribution in [0.4, 0.5) is 4.39 Å². The van der Waals surface area contributed by atoms with Crippen molar-refractivity contribution in [1.29, 1.82) is 0 Å². The molecule has 110 valence electrons. The number of aryl methyl sites for hydroxylation is 1. The zero-order valence-electron chi connectivity index (χ0n) is 11.2. The van der Waals surface area contributed by atoms with Gasteiger partial charge < -0.3 is 21.3 Å². The van der Waals surface area contributed by atoms with Gasteiger partial charge in [-0.15, -0.1) is 0 Å². The Morgan fingerprint density at radius 1 is 1.45 bits per heavy atom. The number of rotatable bonds is 6. The van der Waals surface area contributed by atoms with Crippen LogP contribution in [0.5, 0.6) is 5.75 Å². The van der Waals surface area contributed by atoms with Crippen LogP contribution in [0.3, 0.4) is 0 Å². The zero-order valence-corrected chi connectivity index (χ0v) is 11.2. The molecule has 1 aromatic carbocycles. The molecule has 7 heteroatoms. The number of ether oxygens (including phenoxy) is 1. The van der Waals surface area contributed by atoms with Crippen molar-refractivity contribution in [1.82, 2.24) is 0 Å². The van der Waals surface area contributed by atoms with Crippen molar-refractivity contribution in [3.8, 4) is 5.75 Å². The van der Waals surface area contributed by atoms with Gasteiger partial charge in [0.25, 0.3) is 0 Å². The number of benzene rings is 1. The van der Waals surface area contributed by atoms with E-state index in [-0.39, 0.29) is 17.7 Å². The minimum absolute atomic E-state index is 0.0351. The Morgan fingerprint density at radius 2 is 2.05 bits per heavy atom. The molecule has 2 unspecified atom stereocenters. The first-order chi connectivity index (χ1) is 9.27. The number of carboxylic acid groups (broad SMARTS) is 1. The maximum atomic E-state index is 13.7. The number of halogens is 1. The van der Waals surface area contributed by atoms with Gasteiger partial charge in [0, 0.05) is 12.3 Å². The van der Waals surface area contributed by atoms with Crippen LogP contribution in [0.2, 0.25) is 0 Å². The summed E-state index contributed by atoms with van der Waals surface area (Å²) < 4.78 is 18.6. The number of carboxylic acids is 1. The van der Waals surface area contributed by atoms with Gasteiger partial charge in [0.05, 0.1) is 7.11 Å². The number of aliphatic carboxylic acids is 1. The molecule has 0 saturated carbocycles. The molecule has 0 aromatic heterocycles. The quantitative estimate of drug-likeness (QED) is 0.704. The Balaban J connectivity index is 3.29. The molecule has 1 aromatic rings. The lowest BCUT2D eigenvalue weighted by molar-refractivity contribution is -0.139. The van der Waals surface area contributed by atoms with Gasteiger partial charge in [-0.2, -0.15) is 0 Å². The number of methoxy groups -OCH3 is 1. The summed E-state index contributed by atoms with van der Waals surface area (Å²) in [7, 11) is 1.29. The van der Waals surface area contributed by atoms with E-state index in [0.29, 0.717) is 5.56 Å². The Labute approximate surface area is 115 Å². The summed E-state index contributed by atoms with van der Waals surface area (Å²) in [6, 6.07) is 1.45. The third-order valence-electron chi connectivity index (χ3n) is 3.03. The SMILES string of the molecule is COc1cc(C(CC(N)=O)C(N)C(=O)O)cc(C)c1F. The van der Waals surface area contributed by atoms with Crippen LogP contribution >= 0.6 is 0 Å². The average Bonchev–Trinajstić information content (AvgIpc) is 2.37. The number of amides is 1. The van der Waals surface area contributed by atoms with Crippen molar-refractivity contribution in [2.45, 2.75) is 25.3 Å². The van der Waals surface area contributed by atoms with E-state index in [1.807, 2.05) is 0 Å². The normalized spacial score (nSPS) is 13.6. The van der Waals surface area contributed by atoms with Gasteiger partial charge in [-0.25, -0.2) is 4.39 Å². The Hall–Kier alpha value is -2.15. The molecule has 0 aliphatic rings. The second-order valence-corrected chi connectivity index (χ2v) is 4.49. The van der Waals surface area contributed by atoms with Crippen LogP contribution in [0.1, 0.15) is 23.5 Å². The molecule has 0 aliphatic heterocycles.